The fourth-order valence-electron chi connectivity index (χ4n) is 1.08. The van der Waals surface area contributed by atoms with Crippen molar-refractivity contribution >= 4 is 11.7 Å². The molecule has 0 heterocycles. The lowest BCUT2D eigenvalue weighted by molar-refractivity contribution is -0.141. The molecule has 0 saturated heterocycles. The van der Waals surface area contributed by atoms with Crippen LogP contribution in [0.2, 0.25) is 0 Å². The highest BCUT2D eigenvalue weighted by Gasteiger charge is 2.31. The molecule has 8 heteroatoms. The number of aliphatic carboxylic acids is 1. The molecule has 0 unspecified atom stereocenters. The van der Waals surface area contributed by atoms with E-state index < -0.39 is 24.3 Å². The van der Waals surface area contributed by atoms with E-state index in [1.807, 2.05) is 0 Å². The van der Waals surface area contributed by atoms with Crippen LogP contribution in [0.4, 0.5) is 18.9 Å². The Kier molecular flexibility index (Phi) is 4.12. The van der Waals surface area contributed by atoms with Gasteiger partial charge in [0.05, 0.1) is 16.8 Å². The van der Waals surface area contributed by atoms with Crippen molar-refractivity contribution in [2.45, 2.75) is 6.18 Å². The van der Waals surface area contributed by atoms with Gasteiger partial charge in [-0.2, -0.15) is 18.4 Å². The second-order valence-corrected chi connectivity index (χ2v) is 3.15. The number of carboxylic acid groups (broad SMARTS) is 1. The van der Waals surface area contributed by atoms with Crippen LogP contribution in [-0.2, 0) is 15.8 Å². The topological polar surface area (TPSA) is 82.3 Å². The molecule has 96 valence electrons. The summed E-state index contributed by atoms with van der Waals surface area (Å²) in [5.74, 6) is -1.26. The Morgan fingerprint density at radius 3 is 2.67 bits per heavy atom. The summed E-state index contributed by atoms with van der Waals surface area (Å²) in [5, 5.41) is 17.0. The Bertz CT molecular complexity index is 494. The number of halogens is 3. The van der Waals surface area contributed by atoms with E-state index in [1.54, 1.807) is 6.07 Å². The summed E-state index contributed by atoms with van der Waals surface area (Å²) in [6, 6.07) is 3.95. The summed E-state index contributed by atoms with van der Waals surface area (Å²) in [4.78, 5) is 14.6. The predicted octanol–water partition coefficient (Wildman–Crippen LogP) is 2.01. The molecule has 5 nitrogen and oxygen atoms in total. The lowest BCUT2D eigenvalue weighted by Gasteiger charge is -2.10. The summed E-state index contributed by atoms with van der Waals surface area (Å²) in [7, 11) is 0. The van der Waals surface area contributed by atoms with Gasteiger partial charge in [0.1, 0.15) is 6.07 Å². The molecule has 0 aliphatic carbocycles. The molecular weight excluding hydrogens is 253 g/mol. The van der Waals surface area contributed by atoms with Gasteiger partial charge in [-0.1, -0.05) is 0 Å². The molecule has 1 aromatic carbocycles. The maximum Gasteiger partial charge on any atom is 0.416 e. The zero-order valence-corrected chi connectivity index (χ0v) is 8.78. The normalized spacial score (nSPS) is 10.8. The van der Waals surface area contributed by atoms with Crippen molar-refractivity contribution in [2.75, 3.05) is 12.1 Å². The number of carbonyl (C=O) groups is 1. The molecule has 0 saturated carbocycles. The number of alkyl halides is 3. The number of hydrogen-bond donors (Lipinski definition) is 2. The Balaban J connectivity index is 2.88. The number of benzene rings is 1. The van der Waals surface area contributed by atoms with Crippen molar-refractivity contribution in [3.05, 3.63) is 29.3 Å². The van der Waals surface area contributed by atoms with Gasteiger partial charge in [0, 0.05) is 0 Å². The van der Waals surface area contributed by atoms with Crippen LogP contribution in [0.5, 0.6) is 0 Å². The maximum atomic E-state index is 12.4. The third-order valence-corrected chi connectivity index (χ3v) is 1.85. The minimum atomic E-state index is -4.55. The van der Waals surface area contributed by atoms with E-state index in [1.165, 1.54) is 0 Å². The third kappa shape index (κ3) is 3.64. The number of rotatable bonds is 4. The minimum absolute atomic E-state index is 0.0354. The van der Waals surface area contributed by atoms with Gasteiger partial charge in [-0.25, -0.2) is 4.79 Å². The van der Waals surface area contributed by atoms with Gasteiger partial charge in [-0.15, -0.1) is 0 Å². The Hall–Kier alpha value is -2.27. The number of carboxylic acids is 1. The fraction of sp³-hybridized carbons (Fsp3) is 0.200. The first kappa shape index (κ1) is 13.8. The van der Waals surface area contributed by atoms with Crippen LogP contribution < -0.4 is 5.48 Å². The molecule has 0 aliphatic heterocycles. The number of nitrogens with zero attached hydrogens (tertiary/aromatic N) is 1. The van der Waals surface area contributed by atoms with Gasteiger partial charge in [0.15, 0.2) is 6.61 Å². The molecular formula is C10H7F3N2O3. The van der Waals surface area contributed by atoms with Crippen LogP contribution in [-0.4, -0.2) is 17.7 Å². The van der Waals surface area contributed by atoms with E-state index in [2.05, 4.69) is 10.3 Å². The predicted molar refractivity (Wildman–Crippen MR) is 53.4 cm³/mol. The first-order chi connectivity index (χ1) is 8.34. The van der Waals surface area contributed by atoms with Crippen molar-refractivity contribution in [3.63, 3.8) is 0 Å². The molecule has 0 amide bonds. The van der Waals surface area contributed by atoms with Crippen molar-refractivity contribution in [3.8, 4) is 6.07 Å². The second-order valence-electron chi connectivity index (χ2n) is 3.15. The largest absolute Gasteiger partial charge is 0.479 e. The molecule has 18 heavy (non-hydrogen) atoms. The number of anilines is 1. The van der Waals surface area contributed by atoms with Crippen LogP contribution >= 0.6 is 0 Å². The minimum Gasteiger partial charge on any atom is -0.479 e. The summed E-state index contributed by atoms with van der Waals surface area (Å²) >= 11 is 0. The highest BCUT2D eigenvalue weighted by Crippen LogP contribution is 2.31. The molecule has 0 aromatic heterocycles. The maximum absolute atomic E-state index is 12.4. The molecule has 0 spiro atoms. The average molecular weight is 260 g/mol. The van der Waals surface area contributed by atoms with Gasteiger partial charge >= 0.3 is 12.1 Å². The zero-order chi connectivity index (χ0) is 13.8. The van der Waals surface area contributed by atoms with Crippen LogP contribution in [0.25, 0.3) is 0 Å². The van der Waals surface area contributed by atoms with Gasteiger partial charge in [0.25, 0.3) is 0 Å². The van der Waals surface area contributed by atoms with Crippen LogP contribution in [0.1, 0.15) is 11.1 Å². The number of hydrogen-bond acceptors (Lipinski definition) is 4. The zero-order valence-electron chi connectivity index (χ0n) is 8.78. The lowest BCUT2D eigenvalue weighted by Crippen LogP contribution is -2.12. The highest BCUT2D eigenvalue weighted by molar-refractivity contribution is 5.68. The lowest BCUT2D eigenvalue weighted by atomic mass is 10.1. The first-order valence-corrected chi connectivity index (χ1v) is 4.55. The summed E-state index contributed by atoms with van der Waals surface area (Å²) < 4.78 is 37.1. The van der Waals surface area contributed by atoms with Crippen molar-refractivity contribution in [2.24, 2.45) is 0 Å². The summed E-state index contributed by atoms with van der Waals surface area (Å²) in [6.45, 7) is -0.689. The van der Waals surface area contributed by atoms with Crippen LogP contribution in [0, 0.1) is 11.3 Å². The Morgan fingerprint density at radius 1 is 1.50 bits per heavy atom. The van der Waals surface area contributed by atoms with Crippen molar-refractivity contribution < 1.29 is 27.9 Å². The van der Waals surface area contributed by atoms with E-state index in [9.17, 15) is 18.0 Å². The van der Waals surface area contributed by atoms with Crippen LogP contribution in [0.3, 0.4) is 0 Å². The molecule has 0 fully saturated rings. The smallest absolute Gasteiger partial charge is 0.416 e. The van der Waals surface area contributed by atoms with Gasteiger partial charge < -0.3 is 5.11 Å². The number of nitriles is 1. The molecule has 2 N–H and O–H groups in total. The fourth-order valence-corrected chi connectivity index (χ4v) is 1.08. The number of nitrogens with one attached hydrogen (secondary N) is 1. The molecule has 1 rings (SSSR count). The Morgan fingerprint density at radius 2 is 2.17 bits per heavy atom. The molecule has 0 aliphatic rings. The standard InChI is InChI=1S/C10H7F3N2O3/c11-10(12,13)7-1-2-8(6(3-7)4-14)15-18-5-9(16)17/h1-3,15H,5H2,(H,16,17). The van der Waals surface area contributed by atoms with E-state index in [-0.39, 0.29) is 11.3 Å². The van der Waals surface area contributed by atoms with E-state index in [0.717, 1.165) is 12.1 Å². The summed E-state index contributed by atoms with van der Waals surface area (Å²) in [6.07, 6.45) is -4.55. The first-order valence-electron chi connectivity index (χ1n) is 4.55. The van der Waals surface area contributed by atoms with Gasteiger partial charge in [-0.05, 0) is 18.2 Å². The second kappa shape index (κ2) is 5.37. The SMILES string of the molecule is N#Cc1cc(C(F)(F)F)ccc1NOCC(=O)O. The van der Waals surface area contributed by atoms with Crippen molar-refractivity contribution in [1.82, 2.24) is 0 Å². The molecule has 0 radical (unpaired) electrons. The quantitative estimate of drug-likeness (QED) is 0.809. The molecule has 1 aromatic rings. The third-order valence-electron chi connectivity index (χ3n) is 1.85. The van der Waals surface area contributed by atoms with Gasteiger partial charge in [0.2, 0.25) is 0 Å². The monoisotopic (exact) mass is 260 g/mol. The van der Waals surface area contributed by atoms with Crippen LogP contribution in [0.15, 0.2) is 18.2 Å². The van der Waals surface area contributed by atoms with Gasteiger partial charge in [-0.3, -0.25) is 10.3 Å². The highest BCUT2D eigenvalue weighted by atomic mass is 19.4. The van der Waals surface area contributed by atoms with E-state index in [4.69, 9.17) is 10.4 Å². The van der Waals surface area contributed by atoms with E-state index >= 15 is 0 Å². The average Bonchev–Trinajstić information content (AvgIpc) is 2.27. The molecule has 0 atom stereocenters. The van der Waals surface area contributed by atoms with Crippen molar-refractivity contribution in [1.29, 1.82) is 5.26 Å². The Labute approximate surface area is 99.4 Å². The summed E-state index contributed by atoms with van der Waals surface area (Å²) in [5.41, 5.74) is 0.802. The van der Waals surface area contributed by atoms with E-state index in [0.29, 0.717) is 6.07 Å². The molecule has 0 bridgehead atoms.